The van der Waals surface area contributed by atoms with Gasteiger partial charge in [0.15, 0.2) is 0 Å². The van der Waals surface area contributed by atoms with Gasteiger partial charge in [0.1, 0.15) is 0 Å². The fraction of sp³-hybridized carbons (Fsp3) is 0.348. The van der Waals surface area contributed by atoms with Crippen molar-refractivity contribution >= 4 is 34.9 Å². The van der Waals surface area contributed by atoms with Crippen LogP contribution < -0.4 is 15.5 Å². The van der Waals surface area contributed by atoms with Crippen LogP contribution in [0.15, 0.2) is 54.6 Å². The molecule has 156 valence electrons. The highest BCUT2D eigenvalue weighted by Gasteiger charge is 2.29. The van der Waals surface area contributed by atoms with Gasteiger partial charge in [-0.25, -0.2) is 4.79 Å². The standard InChI is InChI=1S/C23H26N4O3/c28-21-12-6-14-27(21)20-11-4-10-19(15-20)24-22(29)17-7-5-13-26(16-17)23(30)25-18-8-2-1-3-9-18/h1-4,8-11,15,17H,5-7,12-14,16H2,(H,24,29)(H,25,30). The Bertz CT molecular complexity index is 931. The van der Waals surface area contributed by atoms with E-state index in [1.807, 2.05) is 54.6 Å². The Labute approximate surface area is 176 Å². The lowest BCUT2D eigenvalue weighted by Crippen LogP contribution is -2.45. The zero-order chi connectivity index (χ0) is 20.9. The van der Waals surface area contributed by atoms with Crippen LogP contribution in [0, 0.1) is 5.92 Å². The lowest BCUT2D eigenvalue weighted by Gasteiger charge is -2.32. The van der Waals surface area contributed by atoms with E-state index in [9.17, 15) is 14.4 Å². The number of likely N-dealkylation sites (tertiary alicyclic amines) is 1. The summed E-state index contributed by atoms with van der Waals surface area (Å²) in [4.78, 5) is 40.8. The number of rotatable bonds is 4. The van der Waals surface area contributed by atoms with Gasteiger partial charge < -0.3 is 20.4 Å². The number of anilines is 3. The van der Waals surface area contributed by atoms with Gasteiger partial charge in [-0.05, 0) is 49.6 Å². The Morgan fingerprint density at radius 1 is 0.900 bits per heavy atom. The molecule has 0 radical (unpaired) electrons. The van der Waals surface area contributed by atoms with Gasteiger partial charge in [0.05, 0.1) is 5.92 Å². The number of para-hydroxylation sites is 1. The van der Waals surface area contributed by atoms with Crippen molar-refractivity contribution in [1.82, 2.24) is 4.90 Å². The van der Waals surface area contributed by atoms with Gasteiger partial charge in [-0.1, -0.05) is 24.3 Å². The number of piperidine rings is 1. The molecule has 2 N–H and O–H groups in total. The van der Waals surface area contributed by atoms with Gasteiger partial charge in [-0.3, -0.25) is 9.59 Å². The monoisotopic (exact) mass is 406 g/mol. The van der Waals surface area contributed by atoms with Crippen molar-refractivity contribution in [2.45, 2.75) is 25.7 Å². The Hall–Kier alpha value is -3.35. The number of carbonyl (C=O) groups is 3. The summed E-state index contributed by atoms with van der Waals surface area (Å²) in [5.74, 6) is -0.250. The number of nitrogens with zero attached hydrogens (tertiary/aromatic N) is 2. The van der Waals surface area contributed by atoms with E-state index in [0.717, 1.165) is 30.6 Å². The second kappa shape index (κ2) is 8.98. The van der Waals surface area contributed by atoms with Crippen LogP contribution in [0.2, 0.25) is 0 Å². The van der Waals surface area contributed by atoms with Crippen LogP contribution >= 0.6 is 0 Å². The van der Waals surface area contributed by atoms with Crippen LogP contribution in [-0.2, 0) is 9.59 Å². The molecule has 7 nitrogen and oxygen atoms in total. The second-order valence-corrected chi connectivity index (χ2v) is 7.77. The first-order valence-corrected chi connectivity index (χ1v) is 10.4. The molecule has 0 aliphatic carbocycles. The van der Waals surface area contributed by atoms with Crippen molar-refractivity contribution < 1.29 is 14.4 Å². The number of urea groups is 1. The molecule has 2 saturated heterocycles. The number of amides is 4. The van der Waals surface area contributed by atoms with Gasteiger partial charge in [0, 0.05) is 43.1 Å². The summed E-state index contributed by atoms with van der Waals surface area (Å²) in [6.45, 7) is 1.73. The largest absolute Gasteiger partial charge is 0.326 e. The van der Waals surface area contributed by atoms with E-state index in [2.05, 4.69) is 10.6 Å². The fourth-order valence-electron chi connectivity index (χ4n) is 4.02. The molecule has 0 aromatic heterocycles. The normalized spacial score (nSPS) is 18.9. The van der Waals surface area contributed by atoms with Crippen molar-refractivity contribution in [2.75, 3.05) is 35.2 Å². The molecular weight excluding hydrogens is 380 g/mol. The molecule has 30 heavy (non-hydrogen) atoms. The van der Waals surface area contributed by atoms with Crippen LogP contribution in [0.25, 0.3) is 0 Å². The summed E-state index contributed by atoms with van der Waals surface area (Å²) in [5, 5.41) is 5.85. The maximum Gasteiger partial charge on any atom is 0.321 e. The van der Waals surface area contributed by atoms with Gasteiger partial charge in [-0.15, -0.1) is 0 Å². The quantitative estimate of drug-likeness (QED) is 0.812. The number of hydrogen-bond donors (Lipinski definition) is 2. The van der Waals surface area contributed by atoms with E-state index in [4.69, 9.17) is 0 Å². The molecule has 2 aliphatic rings. The molecule has 0 bridgehead atoms. The van der Waals surface area contributed by atoms with Gasteiger partial charge >= 0.3 is 6.03 Å². The number of hydrogen-bond acceptors (Lipinski definition) is 3. The van der Waals surface area contributed by atoms with Gasteiger partial charge in [0.2, 0.25) is 11.8 Å². The highest BCUT2D eigenvalue weighted by molar-refractivity contribution is 5.97. The number of carbonyl (C=O) groups excluding carboxylic acids is 3. The summed E-state index contributed by atoms with van der Waals surface area (Å²) >= 11 is 0. The van der Waals surface area contributed by atoms with Crippen LogP contribution in [-0.4, -0.2) is 42.4 Å². The zero-order valence-corrected chi connectivity index (χ0v) is 16.8. The maximum absolute atomic E-state index is 12.8. The Balaban J connectivity index is 1.36. The van der Waals surface area contributed by atoms with Crippen molar-refractivity contribution in [3.05, 3.63) is 54.6 Å². The molecule has 2 fully saturated rings. The summed E-state index contributed by atoms with van der Waals surface area (Å²) in [5.41, 5.74) is 2.22. The zero-order valence-electron chi connectivity index (χ0n) is 16.8. The van der Waals surface area contributed by atoms with Crippen molar-refractivity contribution in [1.29, 1.82) is 0 Å². The van der Waals surface area contributed by atoms with Crippen molar-refractivity contribution in [3.63, 3.8) is 0 Å². The lowest BCUT2D eigenvalue weighted by molar-refractivity contribution is -0.121. The highest BCUT2D eigenvalue weighted by Crippen LogP contribution is 2.25. The van der Waals surface area contributed by atoms with Crippen molar-refractivity contribution in [2.24, 2.45) is 5.92 Å². The molecule has 2 aromatic rings. The fourth-order valence-corrected chi connectivity index (χ4v) is 4.02. The van der Waals surface area contributed by atoms with E-state index < -0.39 is 0 Å². The lowest BCUT2D eigenvalue weighted by atomic mass is 9.97. The van der Waals surface area contributed by atoms with Gasteiger partial charge in [0.25, 0.3) is 0 Å². The van der Waals surface area contributed by atoms with Crippen molar-refractivity contribution in [3.8, 4) is 0 Å². The molecule has 0 spiro atoms. The minimum atomic E-state index is -0.266. The predicted octanol–water partition coefficient (Wildman–Crippen LogP) is 3.70. The van der Waals surface area contributed by atoms with E-state index in [-0.39, 0.29) is 23.8 Å². The molecule has 1 atom stereocenters. The maximum atomic E-state index is 12.8. The third-order valence-electron chi connectivity index (χ3n) is 5.60. The minimum absolute atomic E-state index is 0.0999. The first kappa shape index (κ1) is 19.9. The smallest absolute Gasteiger partial charge is 0.321 e. The summed E-state index contributed by atoms with van der Waals surface area (Å²) in [6, 6.07) is 16.5. The highest BCUT2D eigenvalue weighted by atomic mass is 16.2. The molecule has 2 aliphatic heterocycles. The average Bonchev–Trinajstić information content (AvgIpc) is 3.20. The Kier molecular flexibility index (Phi) is 5.97. The summed E-state index contributed by atoms with van der Waals surface area (Å²) < 4.78 is 0. The Morgan fingerprint density at radius 2 is 1.70 bits per heavy atom. The third kappa shape index (κ3) is 4.62. The number of nitrogens with one attached hydrogen (secondary N) is 2. The average molecular weight is 406 g/mol. The topological polar surface area (TPSA) is 81.8 Å². The summed E-state index contributed by atoms with van der Waals surface area (Å²) in [7, 11) is 0. The van der Waals surface area contributed by atoms with E-state index in [1.54, 1.807) is 9.80 Å². The summed E-state index contributed by atoms with van der Waals surface area (Å²) in [6.07, 6.45) is 2.95. The molecule has 1 unspecified atom stereocenters. The van der Waals surface area contributed by atoms with Crippen LogP contribution in [0.4, 0.5) is 21.9 Å². The molecule has 0 saturated carbocycles. The predicted molar refractivity (Wildman–Crippen MR) is 116 cm³/mol. The van der Waals surface area contributed by atoms with E-state index >= 15 is 0 Å². The molecule has 2 heterocycles. The minimum Gasteiger partial charge on any atom is -0.326 e. The molecule has 4 rings (SSSR count). The molecule has 2 aromatic carbocycles. The second-order valence-electron chi connectivity index (χ2n) is 7.77. The molecule has 7 heteroatoms. The Morgan fingerprint density at radius 3 is 2.47 bits per heavy atom. The van der Waals surface area contributed by atoms with Gasteiger partial charge in [-0.2, -0.15) is 0 Å². The van der Waals surface area contributed by atoms with Crippen LogP contribution in [0.3, 0.4) is 0 Å². The molecular formula is C23H26N4O3. The van der Waals surface area contributed by atoms with Crippen LogP contribution in [0.1, 0.15) is 25.7 Å². The van der Waals surface area contributed by atoms with E-state index in [0.29, 0.717) is 31.7 Å². The number of benzene rings is 2. The van der Waals surface area contributed by atoms with Crippen LogP contribution in [0.5, 0.6) is 0 Å². The first-order valence-electron chi connectivity index (χ1n) is 10.4. The molecule has 4 amide bonds. The first-order chi connectivity index (χ1) is 14.6. The third-order valence-corrected chi connectivity index (χ3v) is 5.60. The van der Waals surface area contributed by atoms with E-state index in [1.165, 1.54) is 0 Å². The SMILES string of the molecule is O=C(Nc1cccc(N2CCCC2=O)c1)C1CCCN(C(=O)Nc2ccccc2)C1.